The monoisotopic (exact) mass is 1030 g/mol. The van der Waals surface area contributed by atoms with Gasteiger partial charge in [-0.15, -0.1) is 0 Å². The van der Waals surface area contributed by atoms with E-state index in [0.29, 0.717) is 13.1 Å². The number of benzene rings is 2. The minimum atomic E-state index is -0.352. The van der Waals surface area contributed by atoms with Gasteiger partial charge in [0.15, 0.2) is 0 Å². The maximum atomic E-state index is 13.2. The molecule has 74 heavy (non-hydrogen) atoms. The second-order valence-electron chi connectivity index (χ2n) is 22.6. The Morgan fingerprint density at radius 1 is 0.297 bits per heavy atom. The largest absolute Gasteiger partial charge is 0.412 e. The summed E-state index contributed by atoms with van der Waals surface area (Å²) in [6.45, 7) is 10.3. The maximum Gasteiger partial charge on any atom is 0.412 e. The zero-order chi connectivity index (χ0) is 53.0. The number of aryl methyl sites for hydroxylation is 2. The molecule has 0 unspecified atom stereocenters. The Balaban J connectivity index is 1.80. The number of nitrogens with one attached hydrogen (secondary N) is 2. The summed E-state index contributed by atoms with van der Waals surface area (Å²) in [5, 5.41) is 6.07. The maximum absolute atomic E-state index is 13.2. The second-order valence-corrected chi connectivity index (χ2v) is 22.6. The summed E-state index contributed by atoms with van der Waals surface area (Å²) >= 11 is 0. The Morgan fingerprint density at radius 2 is 0.527 bits per heavy atom. The van der Waals surface area contributed by atoms with Crippen molar-refractivity contribution >= 4 is 12.2 Å². The lowest BCUT2D eigenvalue weighted by Crippen LogP contribution is -2.28. The molecular formula is C68H120N2O4. The third-order valence-electron chi connectivity index (χ3n) is 15.7. The van der Waals surface area contributed by atoms with Crippen molar-refractivity contribution < 1.29 is 19.1 Å². The van der Waals surface area contributed by atoms with Gasteiger partial charge in [-0.1, -0.05) is 296 Å². The van der Waals surface area contributed by atoms with Gasteiger partial charge >= 0.3 is 12.2 Å². The van der Waals surface area contributed by atoms with Crippen LogP contribution in [-0.2, 0) is 25.7 Å². The SMILES string of the molecule is CCCCCCCCCCCCc1cccc(OC(=O)NCCCCCCNC(=O)Oc2cccc(CCCCCCCCCCCC)c2CCCCCCCCCCCC)c1CCCCCCCCCCCC. The predicted molar refractivity (Wildman–Crippen MR) is 322 cm³/mol. The molecule has 426 valence electrons. The fourth-order valence-corrected chi connectivity index (χ4v) is 10.9. The Kier molecular flexibility index (Phi) is 46.0. The Hall–Kier alpha value is -3.02. The molecule has 0 saturated carbocycles. The lowest BCUT2D eigenvalue weighted by atomic mass is 9.95. The topological polar surface area (TPSA) is 76.7 Å². The van der Waals surface area contributed by atoms with Crippen LogP contribution in [-0.4, -0.2) is 25.3 Å². The van der Waals surface area contributed by atoms with E-state index in [4.69, 9.17) is 9.47 Å². The summed E-state index contributed by atoms with van der Waals surface area (Å²) in [4.78, 5) is 26.3. The molecule has 2 amide bonds. The minimum absolute atomic E-state index is 0.352. The van der Waals surface area contributed by atoms with Gasteiger partial charge < -0.3 is 20.1 Å². The molecule has 0 aliphatic carbocycles. The van der Waals surface area contributed by atoms with Crippen molar-refractivity contribution in [1.82, 2.24) is 10.6 Å². The lowest BCUT2D eigenvalue weighted by molar-refractivity contribution is 0.198. The summed E-state index contributed by atoms with van der Waals surface area (Å²) in [5.74, 6) is 1.49. The van der Waals surface area contributed by atoms with Gasteiger partial charge in [-0.3, -0.25) is 0 Å². The molecule has 0 atom stereocenters. The van der Waals surface area contributed by atoms with E-state index in [1.54, 1.807) is 0 Å². The van der Waals surface area contributed by atoms with Crippen LogP contribution in [0.4, 0.5) is 9.59 Å². The first-order valence-electron chi connectivity index (χ1n) is 32.7. The highest BCUT2D eigenvalue weighted by Gasteiger charge is 2.15. The first kappa shape index (κ1) is 67.1. The quantitative estimate of drug-likeness (QED) is 0.0647. The number of unbranched alkanes of at least 4 members (excludes halogenated alkanes) is 39. The predicted octanol–water partition coefficient (Wildman–Crippen LogP) is 22.0. The molecule has 0 fully saturated rings. The van der Waals surface area contributed by atoms with E-state index in [0.717, 1.165) is 75.7 Å². The van der Waals surface area contributed by atoms with E-state index in [9.17, 15) is 9.59 Å². The average Bonchev–Trinajstić information content (AvgIpc) is 3.40. The number of hydrogen-bond donors (Lipinski definition) is 2. The number of carbonyl (C=O) groups excluding carboxylic acids is 2. The van der Waals surface area contributed by atoms with Gasteiger partial charge in [-0.2, -0.15) is 0 Å². The van der Waals surface area contributed by atoms with Crippen molar-refractivity contribution in [2.45, 2.75) is 336 Å². The van der Waals surface area contributed by atoms with E-state index < -0.39 is 0 Å². The molecule has 6 heteroatoms. The molecule has 0 heterocycles. The number of ether oxygens (including phenoxy) is 2. The second kappa shape index (κ2) is 50.8. The number of amides is 2. The highest BCUT2D eigenvalue weighted by Crippen LogP contribution is 2.29. The van der Waals surface area contributed by atoms with Crippen LogP contribution >= 0.6 is 0 Å². The van der Waals surface area contributed by atoms with Crippen LogP contribution in [0, 0.1) is 0 Å². The van der Waals surface area contributed by atoms with Gasteiger partial charge in [0.25, 0.3) is 0 Å². The lowest BCUT2D eigenvalue weighted by Gasteiger charge is -2.16. The van der Waals surface area contributed by atoms with Crippen LogP contribution in [0.2, 0.25) is 0 Å². The van der Waals surface area contributed by atoms with Crippen LogP contribution < -0.4 is 20.1 Å². The fraction of sp³-hybridized carbons (Fsp3) is 0.794. The van der Waals surface area contributed by atoms with E-state index >= 15 is 0 Å². The summed E-state index contributed by atoms with van der Waals surface area (Å²) in [6.07, 6.45) is 60.1. The van der Waals surface area contributed by atoms with Gasteiger partial charge in [0, 0.05) is 13.1 Å². The normalized spacial score (nSPS) is 11.4. The van der Waals surface area contributed by atoms with E-state index in [1.165, 1.54) is 266 Å². The molecule has 0 saturated heterocycles. The molecule has 2 N–H and O–H groups in total. The van der Waals surface area contributed by atoms with Crippen molar-refractivity contribution in [3.63, 3.8) is 0 Å². The van der Waals surface area contributed by atoms with Crippen molar-refractivity contribution in [2.75, 3.05) is 13.1 Å². The van der Waals surface area contributed by atoms with Crippen LogP contribution in [0.1, 0.15) is 332 Å². The molecule has 6 nitrogen and oxygen atoms in total. The Labute approximate surface area is 459 Å². The number of rotatable bonds is 53. The standard InChI is InChI=1S/C68H120N2O4/c1-5-9-13-17-21-25-29-33-37-43-51-61-53-49-57-65(63(61)55-45-39-35-31-27-23-19-15-11-7-3)73-67(71)69-59-47-41-42-48-60-70-68(72)74-66-58-50-54-62(52-44-38-34-30-26-22-18-14-10-6-2)64(66)56-46-40-36-32-28-24-20-16-12-8-4/h49-50,53-54,57-58H,5-48,51-52,55-56,59-60H2,1-4H3,(H,69,71)(H,70,72). The van der Waals surface area contributed by atoms with Gasteiger partial charge in [-0.05, 0) is 98.6 Å². The summed E-state index contributed by atoms with van der Waals surface area (Å²) in [6, 6.07) is 12.7. The molecule has 0 aliphatic heterocycles. The summed E-state index contributed by atoms with van der Waals surface area (Å²) in [7, 11) is 0. The van der Waals surface area contributed by atoms with Crippen LogP contribution in [0.15, 0.2) is 36.4 Å². The summed E-state index contributed by atoms with van der Waals surface area (Å²) < 4.78 is 12.1. The number of hydrogen-bond acceptors (Lipinski definition) is 4. The zero-order valence-electron chi connectivity index (χ0n) is 49.5. The van der Waals surface area contributed by atoms with E-state index in [2.05, 4.69) is 62.6 Å². The van der Waals surface area contributed by atoms with Crippen LogP contribution in [0.3, 0.4) is 0 Å². The fourth-order valence-electron chi connectivity index (χ4n) is 10.9. The molecule has 2 aromatic rings. The molecule has 0 bridgehead atoms. The molecule has 2 rings (SSSR count). The average molecular weight is 1030 g/mol. The highest BCUT2D eigenvalue weighted by atomic mass is 16.6. The Bertz CT molecular complexity index is 1460. The van der Waals surface area contributed by atoms with Crippen LogP contribution in [0.5, 0.6) is 11.5 Å². The van der Waals surface area contributed by atoms with Crippen molar-refractivity contribution in [2.24, 2.45) is 0 Å². The van der Waals surface area contributed by atoms with Gasteiger partial charge in [0.1, 0.15) is 11.5 Å². The van der Waals surface area contributed by atoms with Crippen molar-refractivity contribution in [3.05, 3.63) is 58.7 Å². The first-order chi connectivity index (χ1) is 36.5. The Morgan fingerprint density at radius 3 is 0.797 bits per heavy atom. The molecule has 0 radical (unpaired) electrons. The van der Waals surface area contributed by atoms with Gasteiger partial charge in [0.05, 0.1) is 0 Å². The number of carbonyl (C=O) groups is 2. The van der Waals surface area contributed by atoms with Gasteiger partial charge in [0.2, 0.25) is 0 Å². The first-order valence-corrected chi connectivity index (χ1v) is 32.7. The van der Waals surface area contributed by atoms with E-state index in [1.807, 2.05) is 12.1 Å². The zero-order valence-corrected chi connectivity index (χ0v) is 49.5. The van der Waals surface area contributed by atoms with Gasteiger partial charge in [-0.25, -0.2) is 9.59 Å². The molecule has 2 aromatic carbocycles. The minimum Gasteiger partial charge on any atom is -0.410 e. The van der Waals surface area contributed by atoms with Crippen LogP contribution in [0.25, 0.3) is 0 Å². The molecular weight excluding hydrogens is 909 g/mol. The van der Waals surface area contributed by atoms with Crippen molar-refractivity contribution in [1.29, 1.82) is 0 Å². The molecule has 0 spiro atoms. The third kappa shape index (κ3) is 37.7. The summed E-state index contributed by atoms with van der Waals surface area (Å²) in [5.41, 5.74) is 5.21. The van der Waals surface area contributed by atoms with E-state index in [-0.39, 0.29) is 12.2 Å². The smallest absolute Gasteiger partial charge is 0.410 e. The molecule has 0 aromatic heterocycles. The molecule has 0 aliphatic rings. The van der Waals surface area contributed by atoms with Crippen molar-refractivity contribution in [3.8, 4) is 11.5 Å². The third-order valence-corrected chi connectivity index (χ3v) is 15.7. The highest BCUT2D eigenvalue weighted by molar-refractivity contribution is 5.71.